The number of benzene rings is 1. The van der Waals surface area contributed by atoms with Crippen molar-refractivity contribution in [3.63, 3.8) is 0 Å². The molecule has 0 saturated carbocycles. The van der Waals surface area contributed by atoms with Gasteiger partial charge in [0.15, 0.2) is 0 Å². The van der Waals surface area contributed by atoms with Crippen molar-refractivity contribution in [3.8, 4) is 0 Å². The largest absolute Gasteiger partial charge is 0.435 e. The molecule has 0 amide bonds. The zero-order valence-corrected chi connectivity index (χ0v) is 6.84. The predicted molar refractivity (Wildman–Crippen MR) is 45.2 cm³/mol. The van der Waals surface area contributed by atoms with Crippen LogP contribution < -0.4 is 0 Å². The van der Waals surface area contributed by atoms with Crippen molar-refractivity contribution in [2.45, 2.75) is 13.0 Å². The van der Waals surface area contributed by atoms with Gasteiger partial charge in [0.2, 0.25) is 0 Å². The van der Waals surface area contributed by atoms with Crippen molar-refractivity contribution in [1.29, 1.82) is 0 Å². The summed E-state index contributed by atoms with van der Waals surface area (Å²) in [4.78, 5) is 0. The van der Waals surface area contributed by atoms with Crippen LogP contribution in [0.2, 0.25) is 0 Å². The predicted octanol–water partition coefficient (Wildman–Crippen LogP) is 2.82. The molecule has 1 aromatic carbocycles. The van der Waals surface area contributed by atoms with Crippen molar-refractivity contribution in [3.05, 3.63) is 41.5 Å². The highest BCUT2D eigenvalue weighted by Gasteiger charge is 2.17. The van der Waals surface area contributed by atoms with Crippen LogP contribution in [0.25, 0.3) is 5.76 Å². The summed E-state index contributed by atoms with van der Waals surface area (Å²) in [6.45, 7) is -2.74. The summed E-state index contributed by atoms with van der Waals surface area (Å²) < 4.78 is 28.2. The molecular weight excluding hydrogens is 174 g/mol. The average molecular weight is 182 g/mol. The Bertz CT molecular complexity index is 345. The summed E-state index contributed by atoms with van der Waals surface area (Å²) >= 11 is 0. The molecule has 1 aliphatic rings. The molecule has 0 N–H and O–H groups in total. The fraction of sp³-hybridized carbons (Fsp3) is 0.200. The van der Waals surface area contributed by atoms with Crippen molar-refractivity contribution in [1.82, 2.24) is 0 Å². The molecule has 13 heavy (non-hydrogen) atoms. The molecule has 0 heterocycles. The second-order valence-electron chi connectivity index (χ2n) is 2.81. The molecule has 2 rings (SSSR count). The summed E-state index contributed by atoms with van der Waals surface area (Å²) in [6.07, 6.45) is 2.36. The lowest BCUT2D eigenvalue weighted by Gasteiger charge is -2.06. The highest BCUT2D eigenvalue weighted by atomic mass is 19.3. The van der Waals surface area contributed by atoms with Gasteiger partial charge in [0.1, 0.15) is 5.76 Å². The van der Waals surface area contributed by atoms with E-state index in [1.54, 1.807) is 12.1 Å². The van der Waals surface area contributed by atoms with Crippen LogP contribution in [0.3, 0.4) is 0 Å². The van der Waals surface area contributed by atoms with E-state index in [0.717, 1.165) is 11.1 Å². The zero-order chi connectivity index (χ0) is 9.26. The number of allylic oxidation sites excluding steroid dienone is 1. The summed E-state index contributed by atoms with van der Waals surface area (Å²) in [5, 5.41) is 0. The Balaban J connectivity index is 2.26. The third-order valence-electron chi connectivity index (χ3n) is 2.01. The number of alkyl halides is 2. The van der Waals surface area contributed by atoms with Crippen molar-refractivity contribution in [2.75, 3.05) is 0 Å². The molecule has 0 radical (unpaired) electrons. The van der Waals surface area contributed by atoms with Crippen LogP contribution >= 0.6 is 0 Å². The third-order valence-corrected chi connectivity index (χ3v) is 2.01. The Morgan fingerprint density at radius 1 is 1.23 bits per heavy atom. The van der Waals surface area contributed by atoms with Crippen molar-refractivity contribution < 1.29 is 13.5 Å². The van der Waals surface area contributed by atoms with Gasteiger partial charge >= 0.3 is 6.61 Å². The highest BCUT2D eigenvalue weighted by molar-refractivity contribution is 5.68. The van der Waals surface area contributed by atoms with Gasteiger partial charge in [-0.05, 0) is 18.1 Å². The van der Waals surface area contributed by atoms with Gasteiger partial charge in [-0.15, -0.1) is 0 Å². The maximum Gasteiger partial charge on any atom is 0.387 e. The first kappa shape index (κ1) is 8.23. The Hall–Kier alpha value is -1.38. The summed E-state index contributed by atoms with van der Waals surface area (Å²) in [6, 6.07) is 7.40. The Labute approximate surface area is 74.6 Å². The van der Waals surface area contributed by atoms with Gasteiger partial charge in [0, 0.05) is 5.56 Å². The molecule has 0 aliphatic heterocycles. The van der Waals surface area contributed by atoms with E-state index in [-0.39, 0.29) is 0 Å². The maximum atomic E-state index is 11.9. The normalized spacial score (nSPS) is 14.2. The smallest absolute Gasteiger partial charge is 0.387 e. The van der Waals surface area contributed by atoms with Gasteiger partial charge in [0.25, 0.3) is 0 Å². The minimum absolute atomic E-state index is 0.297. The topological polar surface area (TPSA) is 9.23 Å². The molecular formula is C10H8F2O. The van der Waals surface area contributed by atoms with E-state index in [9.17, 15) is 8.78 Å². The first-order chi connectivity index (χ1) is 6.27. The minimum Gasteiger partial charge on any atom is -0.435 e. The monoisotopic (exact) mass is 182 g/mol. The van der Waals surface area contributed by atoms with Crippen LogP contribution in [0.15, 0.2) is 30.3 Å². The number of rotatable bonds is 2. The number of hydrogen-bond donors (Lipinski definition) is 0. The van der Waals surface area contributed by atoms with Gasteiger partial charge in [-0.25, -0.2) is 0 Å². The first-order valence-corrected chi connectivity index (χ1v) is 4.00. The van der Waals surface area contributed by atoms with Crippen molar-refractivity contribution >= 4 is 5.76 Å². The molecule has 1 aliphatic carbocycles. The second kappa shape index (κ2) is 3.17. The molecule has 0 atom stereocenters. The summed E-state index contributed by atoms with van der Waals surface area (Å²) in [5.74, 6) is 0.297. The maximum absolute atomic E-state index is 11.9. The van der Waals surface area contributed by atoms with E-state index in [0.29, 0.717) is 12.2 Å². The first-order valence-electron chi connectivity index (χ1n) is 4.00. The number of ether oxygens (including phenoxy) is 1. The lowest BCUT2D eigenvalue weighted by Crippen LogP contribution is -1.97. The lowest BCUT2D eigenvalue weighted by molar-refractivity contribution is -0.0709. The molecule has 1 nitrogen and oxygen atoms in total. The van der Waals surface area contributed by atoms with Gasteiger partial charge in [-0.1, -0.05) is 24.3 Å². The quantitative estimate of drug-likeness (QED) is 0.683. The van der Waals surface area contributed by atoms with Crippen LogP contribution in [-0.4, -0.2) is 6.61 Å². The van der Waals surface area contributed by atoms with E-state index < -0.39 is 6.61 Å². The van der Waals surface area contributed by atoms with Crippen LogP contribution in [0, 0.1) is 0 Å². The van der Waals surface area contributed by atoms with Gasteiger partial charge in [-0.3, -0.25) is 0 Å². The van der Waals surface area contributed by atoms with E-state index >= 15 is 0 Å². The van der Waals surface area contributed by atoms with Gasteiger partial charge < -0.3 is 4.74 Å². The van der Waals surface area contributed by atoms with Crippen LogP contribution in [-0.2, 0) is 11.2 Å². The second-order valence-corrected chi connectivity index (χ2v) is 2.81. The lowest BCUT2D eigenvalue weighted by atomic mass is 10.1. The van der Waals surface area contributed by atoms with Crippen LogP contribution in [0.4, 0.5) is 8.78 Å². The Morgan fingerprint density at radius 3 is 2.77 bits per heavy atom. The van der Waals surface area contributed by atoms with E-state index in [2.05, 4.69) is 4.74 Å². The summed E-state index contributed by atoms with van der Waals surface area (Å²) in [5.41, 5.74) is 1.82. The Kier molecular flexibility index (Phi) is 2.00. The zero-order valence-electron chi connectivity index (χ0n) is 6.84. The molecule has 0 saturated heterocycles. The third kappa shape index (κ3) is 1.54. The molecule has 3 heteroatoms. The van der Waals surface area contributed by atoms with E-state index in [1.165, 1.54) is 0 Å². The molecule has 1 aromatic rings. The van der Waals surface area contributed by atoms with Gasteiger partial charge in [-0.2, -0.15) is 8.78 Å². The fourth-order valence-electron chi connectivity index (χ4n) is 1.46. The average Bonchev–Trinajstić information content (AvgIpc) is 2.48. The standard InChI is InChI=1S/C10H8F2O/c11-10(12)13-9-6-5-7-3-1-2-4-8(7)9/h1-4,6,10H,5H2. The number of fused-ring (bicyclic) bond motifs is 1. The van der Waals surface area contributed by atoms with Crippen molar-refractivity contribution in [2.24, 2.45) is 0 Å². The molecule has 0 bridgehead atoms. The Morgan fingerprint density at radius 2 is 2.00 bits per heavy atom. The van der Waals surface area contributed by atoms with E-state index in [1.807, 2.05) is 18.2 Å². The molecule has 0 aromatic heterocycles. The minimum atomic E-state index is -2.74. The summed E-state index contributed by atoms with van der Waals surface area (Å²) in [7, 11) is 0. The van der Waals surface area contributed by atoms with Crippen LogP contribution in [0.1, 0.15) is 11.1 Å². The molecule has 0 unspecified atom stereocenters. The van der Waals surface area contributed by atoms with E-state index in [4.69, 9.17) is 0 Å². The molecule has 0 fully saturated rings. The number of halogens is 2. The molecule has 68 valence electrons. The number of hydrogen-bond acceptors (Lipinski definition) is 1. The molecule has 0 spiro atoms. The highest BCUT2D eigenvalue weighted by Crippen LogP contribution is 2.29. The van der Waals surface area contributed by atoms with Crippen LogP contribution in [0.5, 0.6) is 0 Å². The van der Waals surface area contributed by atoms with Gasteiger partial charge in [0.05, 0.1) is 0 Å². The SMILES string of the molecule is FC(F)OC1=CCc2ccccc21. The fourth-order valence-corrected chi connectivity index (χ4v) is 1.46.